The Bertz CT molecular complexity index is 441. The van der Waals surface area contributed by atoms with Gasteiger partial charge in [0.05, 0.1) is 5.69 Å². The van der Waals surface area contributed by atoms with Gasteiger partial charge < -0.3 is 5.32 Å². The maximum absolute atomic E-state index is 4.61. The molecule has 86 valence electrons. The van der Waals surface area contributed by atoms with E-state index in [1.807, 2.05) is 0 Å². The highest BCUT2D eigenvalue weighted by molar-refractivity contribution is 7.15. The van der Waals surface area contributed by atoms with E-state index in [-0.39, 0.29) is 0 Å². The molecule has 16 heavy (non-hydrogen) atoms. The van der Waals surface area contributed by atoms with Crippen molar-refractivity contribution in [1.82, 2.24) is 14.7 Å². The molecule has 0 saturated heterocycles. The van der Waals surface area contributed by atoms with Crippen LogP contribution in [0.2, 0.25) is 0 Å². The molecule has 4 heteroatoms. The number of aryl methyl sites for hydroxylation is 1. The summed E-state index contributed by atoms with van der Waals surface area (Å²) in [4.78, 5) is 5.73. The van der Waals surface area contributed by atoms with Gasteiger partial charge in [-0.2, -0.15) is 0 Å². The number of aromatic nitrogens is 2. The van der Waals surface area contributed by atoms with Crippen molar-refractivity contribution in [2.45, 2.75) is 31.7 Å². The minimum Gasteiger partial charge on any atom is -0.317 e. The van der Waals surface area contributed by atoms with Crippen LogP contribution in [-0.2, 0) is 6.42 Å². The quantitative estimate of drug-likeness (QED) is 0.862. The van der Waals surface area contributed by atoms with E-state index in [0.29, 0.717) is 6.04 Å². The molecule has 2 aromatic rings. The van der Waals surface area contributed by atoms with Crippen molar-refractivity contribution in [3.8, 4) is 0 Å². The lowest BCUT2D eigenvalue weighted by Gasteiger charge is -2.13. The first-order chi connectivity index (χ1) is 7.86. The van der Waals surface area contributed by atoms with Gasteiger partial charge in [0.25, 0.3) is 0 Å². The van der Waals surface area contributed by atoms with Crippen LogP contribution in [0.1, 0.15) is 25.0 Å². The third-order valence-corrected chi connectivity index (χ3v) is 4.19. The van der Waals surface area contributed by atoms with Gasteiger partial charge in [0.1, 0.15) is 0 Å². The number of hydrogen-bond donors (Lipinski definition) is 1. The third kappa shape index (κ3) is 1.99. The van der Waals surface area contributed by atoms with E-state index in [4.69, 9.17) is 0 Å². The van der Waals surface area contributed by atoms with E-state index >= 15 is 0 Å². The fourth-order valence-electron chi connectivity index (χ4n) is 2.31. The largest absolute Gasteiger partial charge is 0.317 e. The van der Waals surface area contributed by atoms with Crippen LogP contribution in [0.25, 0.3) is 4.96 Å². The van der Waals surface area contributed by atoms with Gasteiger partial charge in [-0.1, -0.05) is 0 Å². The Labute approximate surface area is 99.5 Å². The zero-order valence-corrected chi connectivity index (χ0v) is 10.3. The lowest BCUT2D eigenvalue weighted by Crippen LogP contribution is -2.27. The van der Waals surface area contributed by atoms with Crippen molar-refractivity contribution in [3.63, 3.8) is 0 Å². The monoisotopic (exact) mass is 235 g/mol. The van der Waals surface area contributed by atoms with Gasteiger partial charge in [-0.3, -0.25) is 4.40 Å². The van der Waals surface area contributed by atoms with Gasteiger partial charge >= 0.3 is 0 Å². The highest BCUT2D eigenvalue weighted by Crippen LogP contribution is 2.34. The summed E-state index contributed by atoms with van der Waals surface area (Å²) >= 11 is 1.70. The minimum absolute atomic E-state index is 0.694. The molecule has 3 nitrogen and oxygen atoms in total. The second-order valence-corrected chi connectivity index (χ2v) is 5.47. The van der Waals surface area contributed by atoms with Gasteiger partial charge in [-0.25, -0.2) is 4.98 Å². The molecule has 1 aliphatic carbocycles. The second-order valence-electron chi connectivity index (χ2n) is 4.60. The Balaban J connectivity index is 1.63. The van der Waals surface area contributed by atoms with E-state index in [2.05, 4.69) is 39.5 Å². The molecule has 0 amide bonds. The lowest BCUT2D eigenvalue weighted by molar-refractivity contribution is 0.469. The summed E-state index contributed by atoms with van der Waals surface area (Å²) in [5.41, 5.74) is 1.23. The van der Waals surface area contributed by atoms with Crippen LogP contribution in [0, 0.1) is 5.92 Å². The number of nitrogens with zero attached hydrogens (tertiary/aromatic N) is 2. The highest BCUT2D eigenvalue weighted by atomic mass is 32.1. The molecule has 3 rings (SSSR count). The SMILES string of the molecule is CNC(CCc1cn2ccsc2n1)C1CC1. The molecule has 0 aromatic carbocycles. The molecule has 1 N–H and O–H groups in total. The molecular formula is C12H17N3S. The van der Waals surface area contributed by atoms with Crippen molar-refractivity contribution in [2.75, 3.05) is 7.05 Å². The number of nitrogens with one attached hydrogen (secondary N) is 1. The van der Waals surface area contributed by atoms with Crippen molar-refractivity contribution in [2.24, 2.45) is 5.92 Å². The fourth-order valence-corrected chi connectivity index (χ4v) is 3.03. The van der Waals surface area contributed by atoms with Gasteiger partial charge in [-0.05, 0) is 38.6 Å². The van der Waals surface area contributed by atoms with Crippen LogP contribution in [0.5, 0.6) is 0 Å². The molecule has 1 aliphatic rings. The first-order valence-electron chi connectivity index (χ1n) is 5.95. The first kappa shape index (κ1) is 10.3. The fraction of sp³-hybridized carbons (Fsp3) is 0.583. The van der Waals surface area contributed by atoms with Gasteiger partial charge in [0.15, 0.2) is 4.96 Å². The van der Waals surface area contributed by atoms with Gasteiger partial charge in [0, 0.05) is 23.8 Å². The van der Waals surface area contributed by atoms with Crippen LogP contribution < -0.4 is 5.32 Å². The molecule has 0 radical (unpaired) electrons. The zero-order valence-electron chi connectivity index (χ0n) is 9.52. The number of thiazole rings is 1. The molecule has 0 aliphatic heterocycles. The van der Waals surface area contributed by atoms with Crippen LogP contribution in [-0.4, -0.2) is 22.5 Å². The highest BCUT2D eigenvalue weighted by Gasteiger charge is 2.29. The predicted molar refractivity (Wildman–Crippen MR) is 67.0 cm³/mol. The maximum atomic E-state index is 4.61. The van der Waals surface area contributed by atoms with E-state index in [1.54, 1.807) is 11.3 Å². The molecular weight excluding hydrogens is 218 g/mol. The Morgan fingerprint density at radius 2 is 2.50 bits per heavy atom. The topological polar surface area (TPSA) is 29.3 Å². The molecule has 1 atom stereocenters. The molecule has 1 saturated carbocycles. The molecule has 1 unspecified atom stereocenters. The van der Waals surface area contributed by atoms with E-state index in [0.717, 1.165) is 17.3 Å². The Kier molecular flexibility index (Phi) is 2.69. The smallest absolute Gasteiger partial charge is 0.193 e. The first-order valence-corrected chi connectivity index (χ1v) is 6.83. The number of hydrogen-bond acceptors (Lipinski definition) is 3. The zero-order chi connectivity index (χ0) is 11.0. The second kappa shape index (κ2) is 4.18. The van der Waals surface area contributed by atoms with Crippen LogP contribution in [0.15, 0.2) is 17.8 Å². The maximum Gasteiger partial charge on any atom is 0.193 e. The van der Waals surface area contributed by atoms with Crippen LogP contribution in [0.4, 0.5) is 0 Å². The summed E-state index contributed by atoms with van der Waals surface area (Å²) in [6.45, 7) is 0. The Hall–Kier alpha value is -0.870. The molecule has 0 spiro atoms. The van der Waals surface area contributed by atoms with Crippen molar-refractivity contribution in [1.29, 1.82) is 0 Å². The summed E-state index contributed by atoms with van der Waals surface area (Å²) in [5.74, 6) is 0.925. The van der Waals surface area contributed by atoms with E-state index < -0.39 is 0 Å². The summed E-state index contributed by atoms with van der Waals surface area (Å²) in [6.07, 6.45) is 9.36. The molecule has 1 fully saturated rings. The Morgan fingerprint density at radius 3 is 3.19 bits per heavy atom. The number of fused-ring (bicyclic) bond motifs is 1. The number of rotatable bonds is 5. The average molecular weight is 235 g/mol. The normalized spacial score (nSPS) is 18.1. The number of imidazole rings is 1. The Morgan fingerprint density at radius 1 is 1.62 bits per heavy atom. The van der Waals surface area contributed by atoms with E-state index in [1.165, 1.54) is 25.0 Å². The van der Waals surface area contributed by atoms with Crippen molar-refractivity contribution >= 4 is 16.3 Å². The van der Waals surface area contributed by atoms with Crippen molar-refractivity contribution in [3.05, 3.63) is 23.5 Å². The summed E-state index contributed by atoms with van der Waals surface area (Å²) in [6, 6.07) is 0.694. The predicted octanol–water partition coefficient (Wildman–Crippen LogP) is 2.33. The average Bonchev–Trinajstić information content (AvgIpc) is 2.88. The minimum atomic E-state index is 0.694. The molecule has 0 bridgehead atoms. The molecule has 2 heterocycles. The summed E-state index contributed by atoms with van der Waals surface area (Å²) in [5, 5.41) is 5.51. The van der Waals surface area contributed by atoms with Crippen LogP contribution >= 0.6 is 11.3 Å². The summed E-state index contributed by atoms with van der Waals surface area (Å²) in [7, 11) is 2.08. The summed E-state index contributed by atoms with van der Waals surface area (Å²) < 4.78 is 2.12. The van der Waals surface area contributed by atoms with Gasteiger partial charge in [-0.15, -0.1) is 11.3 Å². The standard InChI is InChI=1S/C12H17N3S/c1-13-11(9-2-3-9)5-4-10-8-15-6-7-16-12(15)14-10/h6-9,11,13H,2-5H2,1H3. The lowest BCUT2D eigenvalue weighted by atomic mass is 10.1. The molecule has 2 aromatic heterocycles. The van der Waals surface area contributed by atoms with E-state index in [9.17, 15) is 0 Å². The van der Waals surface area contributed by atoms with Crippen molar-refractivity contribution < 1.29 is 0 Å². The van der Waals surface area contributed by atoms with Crippen LogP contribution in [0.3, 0.4) is 0 Å². The van der Waals surface area contributed by atoms with Gasteiger partial charge in [0.2, 0.25) is 0 Å². The third-order valence-electron chi connectivity index (χ3n) is 3.42.